The zero-order chi connectivity index (χ0) is 22.2. The summed E-state index contributed by atoms with van der Waals surface area (Å²) < 4.78 is 27.1. The maximum absolute atomic E-state index is 13.6. The fourth-order valence-electron chi connectivity index (χ4n) is 4.37. The maximum atomic E-state index is 13.6. The first-order valence-corrected chi connectivity index (χ1v) is 10.1. The summed E-state index contributed by atoms with van der Waals surface area (Å²) in [6.07, 6.45) is 0.961. The number of anilines is 1. The number of likely N-dealkylation sites (tertiary alicyclic amines) is 1. The third kappa shape index (κ3) is 4.32. The van der Waals surface area contributed by atoms with Crippen LogP contribution in [-0.4, -0.2) is 40.6 Å². The summed E-state index contributed by atoms with van der Waals surface area (Å²) in [4.78, 5) is 25.5. The molecule has 0 radical (unpaired) electrons. The van der Waals surface area contributed by atoms with Crippen molar-refractivity contribution in [3.8, 4) is 0 Å². The normalized spacial score (nSPS) is 19.5. The number of halogens is 2. The summed E-state index contributed by atoms with van der Waals surface area (Å²) in [6.45, 7) is 1.10. The number of fused-ring (bicyclic) bond motifs is 1. The number of hydrogen-bond donors (Lipinski definition) is 4. The molecule has 2 aromatic carbocycles. The van der Waals surface area contributed by atoms with E-state index in [1.807, 2.05) is 0 Å². The second kappa shape index (κ2) is 8.14. The number of nitrogens with one attached hydrogen (secondary N) is 2. The van der Waals surface area contributed by atoms with Gasteiger partial charge in [0.15, 0.2) is 0 Å². The summed E-state index contributed by atoms with van der Waals surface area (Å²) in [5.74, 6) is -1.94. The highest BCUT2D eigenvalue weighted by atomic mass is 19.1. The van der Waals surface area contributed by atoms with Crippen LogP contribution in [0.15, 0.2) is 36.4 Å². The topological polar surface area (TPSA) is 108 Å². The molecular formula is C22H24F2N4O3. The fourth-order valence-corrected chi connectivity index (χ4v) is 4.37. The number of piperidine rings is 1. The van der Waals surface area contributed by atoms with Gasteiger partial charge in [0.1, 0.15) is 11.6 Å². The van der Waals surface area contributed by atoms with E-state index in [1.54, 1.807) is 11.0 Å². The van der Waals surface area contributed by atoms with Gasteiger partial charge in [-0.05, 0) is 48.7 Å². The number of aliphatic hydroxyl groups excluding tert-OH is 1. The molecule has 31 heavy (non-hydrogen) atoms. The molecule has 1 unspecified atom stereocenters. The summed E-state index contributed by atoms with van der Waals surface area (Å²) in [7, 11) is 0. The summed E-state index contributed by atoms with van der Waals surface area (Å²) in [5.41, 5.74) is 6.43. The lowest BCUT2D eigenvalue weighted by Crippen LogP contribution is -2.54. The van der Waals surface area contributed by atoms with Crippen LogP contribution < -0.4 is 16.4 Å². The van der Waals surface area contributed by atoms with Gasteiger partial charge in [-0.2, -0.15) is 0 Å². The Labute approximate surface area is 178 Å². The second-order valence-electron chi connectivity index (χ2n) is 8.18. The summed E-state index contributed by atoms with van der Waals surface area (Å²) in [6, 6.07) is 8.05. The zero-order valence-corrected chi connectivity index (χ0v) is 16.8. The number of nitrogens with two attached hydrogens (primary N) is 1. The Bertz CT molecular complexity index is 1020. The average Bonchev–Trinajstić information content (AvgIpc) is 2.74. The minimum atomic E-state index is -0.863. The number of carbonyl (C=O) groups is 2. The highest BCUT2D eigenvalue weighted by Gasteiger charge is 2.41. The Morgan fingerprint density at radius 2 is 1.94 bits per heavy atom. The van der Waals surface area contributed by atoms with Gasteiger partial charge in [-0.1, -0.05) is 6.07 Å². The van der Waals surface area contributed by atoms with E-state index >= 15 is 0 Å². The van der Waals surface area contributed by atoms with E-state index < -0.39 is 17.8 Å². The van der Waals surface area contributed by atoms with Crippen LogP contribution >= 0.6 is 0 Å². The van der Waals surface area contributed by atoms with Crippen LogP contribution in [0.4, 0.5) is 19.3 Å². The lowest BCUT2D eigenvalue weighted by molar-refractivity contribution is 0.0985. The van der Waals surface area contributed by atoms with Crippen molar-refractivity contribution in [2.75, 3.05) is 18.4 Å². The van der Waals surface area contributed by atoms with Crippen molar-refractivity contribution in [3.05, 3.63) is 64.7 Å². The van der Waals surface area contributed by atoms with Gasteiger partial charge in [0.25, 0.3) is 5.91 Å². The lowest BCUT2D eigenvalue weighted by Gasteiger charge is -2.47. The number of aliphatic hydroxyl groups is 1. The molecule has 4 rings (SSSR count). The first-order valence-electron chi connectivity index (χ1n) is 10.1. The van der Waals surface area contributed by atoms with Gasteiger partial charge in [0.2, 0.25) is 0 Å². The molecule has 9 heteroatoms. The van der Waals surface area contributed by atoms with E-state index in [-0.39, 0.29) is 29.5 Å². The Balaban J connectivity index is 1.35. The van der Waals surface area contributed by atoms with Crippen molar-refractivity contribution in [1.29, 1.82) is 0 Å². The summed E-state index contributed by atoms with van der Waals surface area (Å²) >= 11 is 0. The largest absolute Gasteiger partial charge is 0.388 e. The Kier molecular flexibility index (Phi) is 5.53. The highest BCUT2D eigenvalue weighted by Crippen LogP contribution is 2.42. The Morgan fingerprint density at radius 3 is 2.65 bits per heavy atom. The highest BCUT2D eigenvalue weighted by molar-refractivity contribution is 5.93. The van der Waals surface area contributed by atoms with Gasteiger partial charge in [0, 0.05) is 42.8 Å². The molecule has 1 fully saturated rings. The molecule has 1 saturated heterocycles. The van der Waals surface area contributed by atoms with Crippen molar-refractivity contribution in [3.63, 3.8) is 0 Å². The molecule has 1 spiro atoms. The number of amides is 3. The van der Waals surface area contributed by atoms with Gasteiger partial charge in [-0.15, -0.1) is 0 Å². The van der Waals surface area contributed by atoms with E-state index in [1.165, 1.54) is 24.3 Å². The molecule has 3 amide bonds. The van der Waals surface area contributed by atoms with E-state index in [4.69, 9.17) is 5.73 Å². The fraction of sp³-hybridized carbons (Fsp3) is 0.364. The van der Waals surface area contributed by atoms with Gasteiger partial charge in [0.05, 0.1) is 11.7 Å². The van der Waals surface area contributed by atoms with E-state index in [0.717, 1.165) is 11.8 Å². The van der Waals surface area contributed by atoms with Gasteiger partial charge >= 0.3 is 6.03 Å². The minimum absolute atomic E-state index is 0.136. The molecule has 2 aliphatic rings. The first kappa shape index (κ1) is 21.0. The molecule has 2 aliphatic heterocycles. The number of urea groups is 1. The molecule has 1 atom stereocenters. The predicted octanol–water partition coefficient (Wildman–Crippen LogP) is 2.66. The monoisotopic (exact) mass is 430 g/mol. The van der Waals surface area contributed by atoms with Crippen molar-refractivity contribution in [1.82, 2.24) is 10.2 Å². The van der Waals surface area contributed by atoms with Crippen molar-refractivity contribution >= 4 is 17.6 Å². The van der Waals surface area contributed by atoms with Crippen LogP contribution in [0.1, 0.15) is 46.9 Å². The van der Waals surface area contributed by atoms with E-state index in [0.29, 0.717) is 43.5 Å². The number of rotatable bonds is 3. The molecule has 0 bridgehead atoms. The lowest BCUT2D eigenvalue weighted by atomic mass is 9.77. The van der Waals surface area contributed by atoms with Crippen molar-refractivity contribution in [2.24, 2.45) is 5.73 Å². The van der Waals surface area contributed by atoms with Crippen molar-refractivity contribution < 1.29 is 23.5 Å². The SMILES string of the molecule is NC(=O)c1cc(CNC(=O)N2CCC3(CC2)CC(O)c2cc(F)ccc2N3)ccc1F. The molecule has 0 aromatic heterocycles. The number of nitrogens with zero attached hydrogens (tertiary/aromatic N) is 1. The standard InChI is InChI=1S/C22H24F2N4O3/c23-14-2-4-18-16(10-14)19(29)11-22(27-18)5-7-28(8-6-22)21(31)26-12-13-1-3-17(24)15(9-13)20(25)30/h1-4,9-10,19,27,29H,5-8,11-12H2,(H2,25,30)(H,26,31). The molecule has 0 aliphatic carbocycles. The first-order chi connectivity index (χ1) is 14.8. The molecule has 0 saturated carbocycles. The minimum Gasteiger partial charge on any atom is -0.388 e. The van der Waals surface area contributed by atoms with E-state index in [9.17, 15) is 23.5 Å². The third-order valence-electron chi connectivity index (χ3n) is 6.10. The van der Waals surface area contributed by atoms with E-state index in [2.05, 4.69) is 10.6 Å². The molecule has 2 heterocycles. The quantitative estimate of drug-likeness (QED) is 0.600. The van der Waals surface area contributed by atoms with Gasteiger partial charge in [-0.3, -0.25) is 4.79 Å². The smallest absolute Gasteiger partial charge is 0.317 e. The number of carbonyl (C=O) groups excluding carboxylic acids is 2. The molecular weight excluding hydrogens is 406 g/mol. The Morgan fingerprint density at radius 1 is 1.19 bits per heavy atom. The predicted molar refractivity (Wildman–Crippen MR) is 110 cm³/mol. The van der Waals surface area contributed by atoms with Crippen LogP contribution in [0.5, 0.6) is 0 Å². The number of benzene rings is 2. The molecule has 5 N–H and O–H groups in total. The molecule has 2 aromatic rings. The van der Waals surface area contributed by atoms with Crippen LogP contribution in [0, 0.1) is 11.6 Å². The van der Waals surface area contributed by atoms with Crippen molar-refractivity contribution in [2.45, 2.75) is 37.5 Å². The van der Waals surface area contributed by atoms with Gasteiger partial charge in [-0.25, -0.2) is 13.6 Å². The maximum Gasteiger partial charge on any atom is 0.317 e. The molecule has 7 nitrogen and oxygen atoms in total. The van der Waals surface area contributed by atoms with Crippen LogP contribution in [0.25, 0.3) is 0 Å². The third-order valence-corrected chi connectivity index (χ3v) is 6.10. The number of primary amides is 1. The average molecular weight is 430 g/mol. The molecule has 164 valence electrons. The van der Waals surface area contributed by atoms with Crippen LogP contribution in [-0.2, 0) is 6.54 Å². The van der Waals surface area contributed by atoms with Crippen LogP contribution in [0.2, 0.25) is 0 Å². The van der Waals surface area contributed by atoms with Gasteiger partial charge < -0.3 is 26.4 Å². The second-order valence-corrected chi connectivity index (χ2v) is 8.18. The summed E-state index contributed by atoms with van der Waals surface area (Å²) in [5, 5.41) is 16.7. The van der Waals surface area contributed by atoms with Crippen LogP contribution in [0.3, 0.4) is 0 Å². The zero-order valence-electron chi connectivity index (χ0n) is 16.8. The Hall–Kier alpha value is -3.20. The number of hydrogen-bond acceptors (Lipinski definition) is 4.